The van der Waals surface area contributed by atoms with Crippen molar-refractivity contribution in [3.63, 3.8) is 0 Å². The van der Waals surface area contributed by atoms with E-state index in [1.54, 1.807) is 0 Å². The molecule has 1 aliphatic heterocycles. The second-order valence-electron chi connectivity index (χ2n) is 4.69. The predicted octanol–water partition coefficient (Wildman–Crippen LogP) is 0.854. The molecule has 1 atom stereocenters. The molecule has 0 aliphatic carbocycles. The molecule has 0 radical (unpaired) electrons. The van der Waals surface area contributed by atoms with E-state index in [2.05, 4.69) is 11.8 Å². The molecule has 1 fully saturated rings. The van der Waals surface area contributed by atoms with E-state index >= 15 is 0 Å². The molecular formula is C11H23F2N3. The van der Waals surface area contributed by atoms with Gasteiger partial charge in [0.15, 0.2) is 0 Å². The molecule has 1 unspecified atom stereocenters. The van der Waals surface area contributed by atoms with Crippen LogP contribution in [0.15, 0.2) is 0 Å². The highest BCUT2D eigenvalue weighted by molar-refractivity contribution is 4.72. The average Bonchev–Trinajstić information content (AvgIpc) is 2.43. The third-order valence-electron chi connectivity index (χ3n) is 3.05. The highest BCUT2D eigenvalue weighted by Gasteiger charge is 2.18. The Bertz CT molecular complexity index is 190. The third-order valence-corrected chi connectivity index (χ3v) is 3.05. The van der Waals surface area contributed by atoms with Crippen LogP contribution >= 0.6 is 0 Å². The summed E-state index contributed by atoms with van der Waals surface area (Å²) in [4.78, 5) is 4.20. The Hall–Kier alpha value is -0.260. The van der Waals surface area contributed by atoms with Crippen LogP contribution in [0.2, 0.25) is 0 Å². The summed E-state index contributed by atoms with van der Waals surface area (Å²) in [5.74, 6) is 0.488. The van der Waals surface area contributed by atoms with E-state index in [1.807, 2.05) is 4.90 Å². The van der Waals surface area contributed by atoms with Crippen LogP contribution in [0.3, 0.4) is 0 Å². The Morgan fingerprint density at radius 3 is 2.12 bits per heavy atom. The first-order valence-corrected chi connectivity index (χ1v) is 6.04. The second-order valence-corrected chi connectivity index (χ2v) is 4.69. The molecule has 16 heavy (non-hydrogen) atoms. The van der Waals surface area contributed by atoms with Crippen molar-refractivity contribution in [2.45, 2.75) is 19.8 Å². The Balaban J connectivity index is 2.28. The summed E-state index contributed by atoms with van der Waals surface area (Å²) in [5, 5.41) is 0. The van der Waals surface area contributed by atoms with Gasteiger partial charge in [0.1, 0.15) is 0 Å². The lowest BCUT2D eigenvalue weighted by Gasteiger charge is -2.23. The number of nitrogens with two attached hydrogens (primary N) is 1. The van der Waals surface area contributed by atoms with Gasteiger partial charge in [-0.2, -0.15) is 0 Å². The van der Waals surface area contributed by atoms with E-state index in [9.17, 15) is 8.78 Å². The van der Waals surface area contributed by atoms with E-state index in [1.165, 1.54) is 0 Å². The van der Waals surface area contributed by atoms with Crippen molar-refractivity contribution < 1.29 is 8.78 Å². The fourth-order valence-corrected chi connectivity index (χ4v) is 2.10. The standard InChI is InChI=1S/C11H23F2N3/c1-10(7-14)8-15-3-2-4-16(6-5-15)9-11(12)13/h10-11H,2-9,14H2,1H3. The van der Waals surface area contributed by atoms with E-state index in [4.69, 9.17) is 5.73 Å². The Morgan fingerprint density at radius 2 is 1.62 bits per heavy atom. The van der Waals surface area contributed by atoms with Crippen molar-refractivity contribution in [2.24, 2.45) is 11.7 Å². The molecule has 0 saturated carbocycles. The van der Waals surface area contributed by atoms with Crippen LogP contribution in [0.4, 0.5) is 8.78 Å². The molecule has 0 bridgehead atoms. The fraction of sp³-hybridized carbons (Fsp3) is 1.00. The van der Waals surface area contributed by atoms with Gasteiger partial charge in [-0.05, 0) is 32.0 Å². The molecule has 1 saturated heterocycles. The van der Waals surface area contributed by atoms with Crippen LogP contribution in [-0.4, -0.2) is 62.0 Å². The van der Waals surface area contributed by atoms with Gasteiger partial charge in [0, 0.05) is 19.6 Å². The van der Waals surface area contributed by atoms with Gasteiger partial charge in [-0.1, -0.05) is 6.92 Å². The van der Waals surface area contributed by atoms with Gasteiger partial charge in [-0.15, -0.1) is 0 Å². The molecule has 0 amide bonds. The highest BCUT2D eigenvalue weighted by atomic mass is 19.3. The molecule has 0 spiro atoms. The number of halogens is 2. The number of alkyl halides is 2. The van der Waals surface area contributed by atoms with E-state index < -0.39 is 6.43 Å². The minimum absolute atomic E-state index is 0.0831. The first-order valence-electron chi connectivity index (χ1n) is 6.04. The first-order chi connectivity index (χ1) is 7.61. The number of hydrogen-bond acceptors (Lipinski definition) is 3. The van der Waals surface area contributed by atoms with Crippen molar-refractivity contribution >= 4 is 0 Å². The van der Waals surface area contributed by atoms with Crippen LogP contribution in [-0.2, 0) is 0 Å². The lowest BCUT2D eigenvalue weighted by molar-refractivity contribution is 0.0896. The van der Waals surface area contributed by atoms with Crippen LogP contribution in [0.1, 0.15) is 13.3 Å². The van der Waals surface area contributed by atoms with Crippen LogP contribution in [0, 0.1) is 5.92 Å². The van der Waals surface area contributed by atoms with Crippen LogP contribution in [0.25, 0.3) is 0 Å². The van der Waals surface area contributed by atoms with Gasteiger partial charge in [0.2, 0.25) is 0 Å². The van der Waals surface area contributed by atoms with Gasteiger partial charge < -0.3 is 10.6 Å². The van der Waals surface area contributed by atoms with Crippen molar-refractivity contribution in [2.75, 3.05) is 45.8 Å². The minimum atomic E-state index is -2.21. The van der Waals surface area contributed by atoms with Gasteiger partial charge >= 0.3 is 0 Å². The summed E-state index contributed by atoms with van der Waals surface area (Å²) in [5.41, 5.74) is 5.59. The zero-order chi connectivity index (χ0) is 12.0. The number of hydrogen-bond donors (Lipinski definition) is 1. The summed E-state index contributed by atoms with van der Waals surface area (Å²) < 4.78 is 24.5. The zero-order valence-electron chi connectivity index (χ0n) is 10.0. The molecule has 3 nitrogen and oxygen atoms in total. The molecule has 1 rings (SSSR count). The molecule has 1 aliphatic rings. The molecular weight excluding hydrogens is 212 g/mol. The van der Waals surface area contributed by atoms with E-state index in [0.29, 0.717) is 12.5 Å². The monoisotopic (exact) mass is 235 g/mol. The summed E-state index contributed by atoms with van der Waals surface area (Å²) in [7, 11) is 0. The smallest absolute Gasteiger partial charge is 0.251 e. The van der Waals surface area contributed by atoms with Gasteiger partial charge in [0.25, 0.3) is 6.43 Å². The van der Waals surface area contributed by atoms with Crippen molar-refractivity contribution in [1.82, 2.24) is 9.80 Å². The van der Waals surface area contributed by atoms with E-state index in [-0.39, 0.29) is 6.54 Å². The summed E-state index contributed by atoms with van der Waals surface area (Å²) >= 11 is 0. The summed E-state index contributed by atoms with van der Waals surface area (Å²) in [6, 6.07) is 0. The quantitative estimate of drug-likeness (QED) is 0.767. The Morgan fingerprint density at radius 1 is 1.06 bits per heavy atom. The SMILES string of the molecule is CC(CN)CN1CCCN(CC(F)F)CC1. The molecule has 0 aromatic rings. The second kappa shape index (κ2) is 7.14. The maximum Gasteiger partial charge on any atom is 0.251 e. The third kappa shape index (κ3) is 5.18. The Labute approximate surface area is 96.6 Å². The first kappa shape index (κ1) is 13.8. The minimum Gasteiger partial charge on any atom is -0.330 e. The fourth-order valence-electron chi connectivity index (χ4n) is 2.10. The zero-order valence-corrected chi connectivity index (χ0v) is 10.0. The topological polar surface area (TPSA) is 32.5 Å². The van der Waals surface area contributed by atoms with Crippen molar-refractivity contribution in [1.29, 1.82) is 0 Å². The summed E-state index contributed by atoms with van der Waals surface area (Å²) in [6.07, 6.45) is -1.24. The predicted molar refractivity (Wildman–Crippen MR) is 61.7 cm³/mol. The average molecular weight is 235 g/mol. The van der Waals surface area contributed by atoms with Crippen LogP contribution in [0.5, 0.6) is 0 Å². The lowest BCUT2D eigenvalue weighted by atomic mass is 10.1. The maximum atomic E-state index is 12.2. The number of nitrogens with zero attached hydrogens (tertiary/aromatic N) is 2. The highest BCUT2D eigenvalue weighted by Crippen LogP contribution is 2.07. The van der Waals surface area contributed by atoms with Crippen LogP contribution < -0.4 is 5.73 Å². The van der Waals surface area contributed by atoms with Gasteiger partial charge in [0.05, 0.1) is 6.54 Å². The molecule has 96 valence electrons. The molecule has 2 N–H and O–H groups in total. The largest absolute Gasteiger partial charge is 0.330 e. The van der Waals surface area contributed by atoms with Crippen molar-refractivity contribution in [3.05, 3.63) is 0 Å². The maximum absolute atomic E-state index is 12.2. The Kier molecular flexibility index (Phi) is 6.16. The molecule has 1 heterocycles. The molecule has 5 heteroatoms. The van der Waals surface area contributed by atoms with Gasteiger partial charge in [-0.25, -0.2) is 8.78 Å². The summed E-state index contributed by atoms with van der Waals surface area (Å²) in [6.45, 7) is 7.15. The van der Waals surface area contributed by atoms with E-state index in [0.717, 1.165) is 39.1 Å². The number of rotatable bonds is 5. The van der Waals surface area contributed by atoms with Gasteiger partial charge in [-0.3, -0.25) is 4.90 Å². The van der Waals surface area contributed by atoms with Crippen molar-refractivity contribution in [3.8, 4) is 0 Å². The lowest BCUT2D eigenvalue weighted by Crippen LogP contribution is -2.36. The molecule has 0 aromatic carbocycles. The normalized spacial score (nSPS) is 22.3. The molecule has 0 aromatic heterocycles.